The molecule has 0 bridgehead atoms. The first kappa shape index (κ1) is 13.7. The second-order valence-electron chi connectivity index (χ2n) is 4.59. The first-order valence-corrected chi connectivity index (χ1v) is 6.84. The molecule has 104 valence electrons. The molecule has 1 atom stereocenters. The Labute approximate surface area is 113 Å². The molecule has 0 aliphatic rings. The van der Waals surface area contributed by atoms with E-state index in [-0.39, 0.29) is 6.04 Å². The molecule has 2 aromatic heterocycles. The zero-order valence-corrected chi connectivity index (χ0v) is 11.9. The summed E-state index contributed by atoms with van der Waals surface area (Å²) in [5.41, 5.74) is 1.17. The van der Waals surface area contributed by atoms with E-state index in [0.717, 1.165) is 31.8 Å². The van der Waals surface area contributed by atoms with Gasteiger partial charge in [-0.2, -0.15) is 10.2 Å². The van der Waals surface area contributed by atoms with Crippen molar-refractivity contribution in [3.05, 3.63) is 30.1 Å². The van der Waals surface area contributed by atoms with Crippen molar-refractivity contribution < 1.29 is 0 Å². The second kappa shape index (κ2) is 6.47. The van der Waals surface area contributed by atoms with E-state index >= 15 is 0 Å². The Bertz CT molecular complexity index is 501. The van der Waals surface area contributed by atoms with Crippen LogP contribution in [0.25, 0.3) is 0 Å². The van der Waals surface area contributed by atoms with Gasteiger partial charge in [0.15, 0.2) is 0 Å². The van der Waals surface area contributed by atoms with E-state index in [9.17, 15) is 0 Å². The van der Waals surface area contributed by atoms with Gasteiger partial charge < -0.3 is 5.32 Å². The lowest BCUT2D eigenvalue weighted by Gasteiger charge is -2.18. The van der Waals surface area contributed by atoms with Crippen molar-refractivity contribution in [3.63, 3.8) is 0 Å². The first-order valence-electron chi connectivity index (χ1n) is 6.84. The number of hydrogen-bond acceptors (Lipinski definition) is 4. The number of rotatable bonds is 7. The predicted molar refractivity (Wildman–Crippen MR) is 73.6 cm³/mol. The highest BCUT2D eigenvalue weighted by atomic mass is 15.3. The molecule has 19 heavy (non-hydrogen) atoms. The standard InChI is InChI=1S/C13H22N6/c1-4-8-19-13(15-10-17-19)9-11(14-5-2)12-6-7-16-18(12)3/h6-7,10-11,14H,4-5,8-9H2,1-3H3. The number of aryl methyl sites for hydroxylation is 2. The van der Waals surface area contributed by atoms with Gasteiger partial charge in [-0.3, -0.25) is 9.36 Å². The monoisotopic (exact) mass is 262 g/mol. The molecule has 0 aliphatic heterocycles. The van der Waals surface area contributed by atoms with Gasteiger partial charge in [0.25, 0.3) is 0 Å². The third kappa shape index (κ3) is 3.20. The molecule has 2 rings (SSSR count). The Morgan fingerprint density at radius 3 is 2.79 bits per heavy atom. The Kier molecular flexibility index (Phi) is 4.68. The largest absolute Gasteiger partial charge is 0.309 e. The number of nitrogens with one attached hydrogen (secondary N) is 1. The molecule has 0 saturated carbocycles. The summed E-state index contributed by atoms with van der Waals surface area (Å²) in [5.74, 6) is 1.02. The van der Waals surface area contributed by atoms with Crippen molar-refractivity contribution in [1.29, 1.82) is 0 Å². The van der Waals surface area contributed by atoms with Crippen molar-refractivity contribution in [2.45, 2.75) is 39.3 Å². The highest BCUT2D eigenvalue weighted by molar-refractivity contribution is 5.09. The fourth-order valence-corrected chi connectivity index (χ4v) is 2.28. The van der Waals surface area contributed by atoms with Gasteiger partial charge in [0.2, 0.25) is 0 Å². The van der Waals surface area contributed by atoms with Crippen LogP contribution in [0.2, 0.25) is 0 Å². The van der Waals surface area contributed by atoms with Crippen LogP contribution >= 0.6 is 0 Å². The van der Waals surface area contributed by atoms with Crippen LogP contribution in [0.5, 0.6) is 0 Å². The van der Waals surface area contributed by atoms with Crippen LogP contribution in [0.1, 0.15) is 37.8 Å². The summed E-state index contributed by atoms with van der Waals surface area (Å²) in [6, 6.07) is 2.27. The van der Waals surface area contributed by atoms with Crippen molar-refractivity contribution >= 4 is 0 Å². The second-order valence-corrected chi connectivity index (χ2v) is 4.59. The molecular formula is C13H22N6. The van der Waals surface area contributed by atoms with Gasteiger partial charge in [-0.25, -0.2) is 4.98 Å². The van der Waals surface area contributed by atoms with Crippen molar-refractivity contribution in [2.75, 3.05) is 6.54 Å². The van der Waals surface area contributed by atoms with Gasteiger partial charge in [-0.15, -0.1) is 0 Å². The zero-order valence-electron chi connectivity index (χ0n) is 11.9. The van der Waals surface area contributed by atoms with E-state index in [1.165, 1.54) is 5.69 Å². The van der Waals surface area contributed by atoms with Crippen LogP contribution in [0.3, 0.4) is 0 Å². The van der Waals surface area contributed by atoms with Gasteiger partial charge >= 0.3 is 0 Å². The Balaban J connectivity index is 2.17. The average molecular weight is 262 g/mol. The lowest BCUT2D eigenvalue weighted by Crippen LogP contribution is -2.26. The minimum absolute atomic E-state index is 0.220. The molecule has 6 nitrogen and oxygen atoms in total. The summed E-state index contributed by atoms with van der Waals surface area (Å²) >= 11 is 0. The van der Waals surface area contributed by atoms with Crippen LogP contribution < -0.4 is 5.32 Å². The maximum atomic E-state index is 4.38. The molecule has 0 aliphatic carbocycles. The molecule has 0 amide bonds. The summed E-state index contributed by atoms with van der Waals surface area (Å²) in [7, 11) is 1.97. The Morgan fingerprint density at radius 2 is 2.16 bits per heavy atom. The van der Waals surface area contributed by atoms with E-state index in [4.69, 9.17) is 0 Å². The number of likely N-dealkylation sites (N-methyl/N-ethyl adjacent to an activating group) is 1. The SMILES string of the molecule is CCCn1ncnc1CC(NCC)c1ccnn1C. The number of nitrogens with zero attached hydrogens (tertiary/aromatic N) is 5. The molecule has 2 aromatic rings. The molecule has 0 saturated heterocycles. The van der Waals surface area contributed by atoms with Crippen LogP contribution in [0, 0.1) is 0 Å². The highest BCUT2D eigenvalue weighted by Crippen LogP contribution is 2.16. The smallest absolute Gasteiger partial charge is 0.138 e. The summed E-state index contributed by atoms with van der Waals surface area (Å²) in [6.45, 7) is 6.09. The summed E-state index contributed by atoms with van der Waals surface area (Å²) in [5, 5.41) is 12.0. The molecule has 1 N–H and O–H groups in total. The van der Waals surface area contributed by atoms with Crippen molar-refractivity contribution in [1.82, 2.24) is 29.9 Å². The number of aromatic nitrogens is 5. The predicted octanol–water partition coefficient (Wildman–Crippen LogP) is 1.31. The molecule has 1 unspecified atom stereocenters. The zero-order chi connectivity index (χ0) is 13.7. The average Bonchev–Trinajstić information content (AvgIpc) is 2.99. The van der Waals surface area contributed by atoms with Crippen LogP contribution in [0.15, 0.2) is 18.6 Å². The Morgan fingerprint density at radius 1 is 1.32 bits per heavy atom. The van der Waals surface area contributed by atoms with E-state index in [2.05, 4.69) is 34.3 Å². The summed E-state index contributed by atoms with van der Waals surface area (Å²) < 4.78 is 3.90. The van der Waals surface area contributed by atoms with Gasteiger partial charge in [0.1, 0.15) is 12.2 Å². The summed E-state index contributed by atoms with van der Waals surface area (Å²) in [4.78, 5) is 4.38. The molecule has 0 aromatic carbocycles. The molecule has 2 heterocycles. The minimum Gasteiger partial charge on any atom is -0.309 e. The fourth-order valence-electron chi connectivity index (χ4n) is 2.28. The van der Waals surface area contributed by atoms with E-state index < -0.39 is 0 Å². The fraction of sp³-hybridized carbons (Fsp3) is 0.615. The maximum absolute atomic E-state index is 4.38. The van der Waals surface area contributed by atoms with Gasteiger partial charge in [0, 0.05) is 26.2 Å². The van der Waals surface area contributed by atoms with Gasteiger partial charge in [-0.05, 0) is 19.0 Å². The minimum atomic E-state index is 0.220. The lowest BCUT2D eigenvalue weighted by molar-refractivity contribution is 0.474. The molecule has 6 heteroatoms. The molecule has 0 fully saturated rings. The van der Waals surface area contributed by atoms with E-state index in [0.29, 0.717) is 0 Å². The third-order valence-electron chi connectivity index (χ3n) is 3.18. The molecule has 0 spiro atoms. The van der Waals surface area contributed by atoms with Crippen LogP contribution in [-0.4, -0.2) is 31.1 Å². The number of hydrogen-bond donors (Lipinski definition) is 1. The van der Waals surface area contributed by atoms with Crippen LogP contribution in [0.4, 0.5) is 0 Å². The van der Waals surface area contributed by atoms with Crippen molar-refractivity contribution in [3.8, 4) is 0 Å². The normalized spacial score (nSPS) is 12.8. The van der Waals surface area contributed by atoms with Crippen molar-refractivity contribution in [2.24, 2.45) is 7.05 Å². The Hall–Kier alpha value is -1.69. The highest BCUT2D eigenvalue weighted by Gasteiger charge is 2.17. The quantitative estimate of drug-likeness (QED) is 0.817. The molecule has 0 radical (unpaired) electrons. The summed E-state index contributed by atoms with van der Waals surface area (Å²) in [6.07, 6.45) is 5.36. The maximum Gasteiger partial charge on any atom is 0.138 e. The topological polar surface area (TPSA) is 60.6 Å². The van der Waals surface area contributed by atoms with Gasteiger partial charge in [-0.1, -0.05) is 13.8 Å². The van der Waals surface area contributed by atoms with E-state index in [1.54, 1.807) is 6.33 Å². The first-order chi connectivity index (χ1) is 9.26. The molecular weight excluding hydrogens is 240 g/mol. The van der Waals surface area contributed by atoms with Crippen LogP contribution in [-0.2, 0) is 20.0 Å². The van der Waals surface area contributed by atoms with Gasteiger partial charge in [0.05, 0.1) is 11.7 Å². The lowest BCUT2D eigenvalue weighted by atomic mass is 10.1. The third-order valence-corrected chi connectivity index (χ3v) is 3.18. The van der Waals surface area contributed by atoms with E-state index in [1.807, 2.05) is 28.7 Å².